The second-order valence-electron chi connectivity index (χ2n) is 6.28. The molecule has 1 aromatic heterocycles. The first kappa shape index (κ1) is 18.2. The molecule has 0 spiro atoms. The molecule has 0 bridgehead atoms. The van der Waals surface area contributed by atoms with Crippen molar-refractivity contribution in [3.63, 3.8) is 0 Å². The highest BCUT2D eigenvalue weighted by molar-refractivity contribution is 5.76. The molecule has 1 fully saturated rings. The van der Waals surface area contributed by atoms with Gasteiger partial charge in [0.05, 0.1) is 6.61 Å². The molecule has 6 heteroatoms. The van der Waals surface area contributed by atoms with Crippen LogP contribution < -0.4 is 9.64 Å². The normalized spacial score (nSPS) is 16.7. The number of pyridine rings is 1. The Bertz CT molecular complexity index is 723. The third kappa shape index (κ3) is 4.14. The van der Waals surface area contributed by atoms with Crippen molar-refractivity contribution in [2.75, 3.05) is 37.7 Å². The maximum absolute atomic E-state index is 12.1. The van der Waals surface area contributed by atoms with E-state index in [-0.39, 0.29) is 0 Å². The molecule has 6 nitrogen and oxygen atoms in total. The van der Waals surface area contributed by atoms with Gasteiger partial charge < -0.3 is 14.7 Å². The van der Waals surface area contributed by atoms with Gasteiger partial charge in [0.2, 0.25) is 5.88 Å². The Labute approximate surface area is 154 Å². The van der Waals surface area contributed by atoms with Gasteiger partial charge in [-0.1, -0.05) is 18.2 Å². The van der Waals surface area contributed by atoms with Crippen LogP contribution in [0.4, 0.5) is 5.69 Å². The molecule has 2 heterocycles. The van der Waals surface area contributed by atoms with Crippen molar-refractivity contribution in [1.29, 1.82) is 0 Å². The van der Waals surface area contributed by atoms with E-state index in [1.54, 1.807) is 18.3 Å². The fraction of sp³-hybridized carbons (Fsp3) is 0.400. The molecule has 0 unspecified atom stereocenters. The summed E-state index contributed by atoms with van der Waals surface area (Å²) in [6, 6.07) is 13.1. The Morgan fingerprint density at radius 1 is 1.15 bits per heavy atom. The van der Waals surface area contributed by atoms with Crippen LogP contribution in [0.3, 0.4) is 0 Å². The van der Waals surface area contributed by atoms with Crippen LogP contribution in [0.15, 0.2) is 48.7 Å². The number of carbonyl (C=O) groups is 1. The summed E-state index contributed by atoms with van der Waals surface area (Å²) in [5.74, 6) is -0.460. The third-order valence-corrected chi connectivity index (χ3v) is 4.63. The highest BCUT2D eigenvalue weighted by Crippen LogP contribution is 2.29. The van der Waals surface area contributed by atoms with Crippen LogP contribution in [0.2, 0.25) is 0 Å². The van der Waals surface area contributed by atoms with E-state index in [0.717, 1.165) is 26.1 Å². The maximum atomic E-state index is 12.1. The molecule has 138 valence electrons. The van der Waals surface area contributed by atoms with Gasteiger partial charge >= 0.3 is 5.97 Å². The molecule has 1 N–H and O–H groups in total. The second kappa shape index (κ2) is 8.67. The highest BCUT2D eigenvalue weighted by atomic mass is 16.5. The van der Waals surface area contributed by atoms with Gasteiger partial charge in [-0.15, -0.1) is 0 Å². The van der Waals surface area contributed by atoms with Gasteiger partial charge in [0.1, 0.15) is 6.04 Å². The number of carboxylic acid groups (broad SMARTS) is 1. The molecule has 26 heavy (non-hydrogen) atoms. The Morgan fingerprint density at radius 2 is 1.96 bits per heavy atom. The minimum atomic E-state index is -0.868. The van der Waals surface area contributed by atoms with Crippen molar-refractivity contribution in [3.8, 4) is 5.88 Å². The van der Waals surface area contributed by atoms with E-state index in [2.05, 4.69) is 22.0 Å². The predicted octanol–water partition coefficient (Wildman–Crippen LogP) is 2.82. The number of hydrogen-bond donors (Lipinski definition) is 1. The number of rotatable bonds is 6. The summed E-state index contributed by atoms with van der Waals surface area (Å²) in [5, 5.41) is 9.91. The summed E-state index contributed by atoms with van der Waals surface area (Å²) in [7, 11) is 0. The number of aliphatic carboxylic acids is 1. The highest BCUT2D eigenvalue weighted by Gasteiger charge is 2.31. The van der Waals surface area contributed by atoms with Crippen molar-refractivity contribution in [1.82, 2.24) is 9.88 Å². The van der Waals surface area contributed by atoms with Crippen LogP contribution in [0, 0.1) is 0 Å². The molecule has 0 radical (unpaired) electrons. The maximum Gasteiger partial charge on any atom is 0.325 e. The minimum absolute atomic E-state index is 0.409. The Balaban J connectivity index is 1.80. The Hall–Kier alpha value is -2.60. The van der Waals surface area contributed by atoms with Gasteiger partial charge in [0, 0.05) is 43.6 Å². The number of para-hydroxylation sites is 1. The van der Waals surface area contributed by atoms with Crippen LogP contribution in [0.5, 0.6) is 5.88 Å². The third-order valence-electron chi connectivity index (χ3n) is 4.63. The lowest BCUT2D eigenvalue weighted by molar-refractivity contribution is -0.143. The van der Waals surface area contributed by atoms with Crippen LogP contribution >= 0.6 is 0 Å². The average molecular weight is 355 g/mol. The Kier molecular flexibility index (Phi) is 6.07. The minimum Gasteiger partial charge on any atom is -0.480 e. The van der Waals surface area contributed by atoms with Crippen LogP contribution in [-0.4, -0.2) is 53.7 Å². The van der Waals surface area contributed by atoms with E-state index >= 15 is 0 Å². The van der Waals surface area contributed by atoms with Gasteiger partial charge in [-0.2, -0.15) is 0 Å². The quantitative estimate of drug-likeness (QED) is 0.860. The van der Waals surface area contributed by atoms with E-state index in [1.807, 2.05) is 30.0 Å². The molecule has 1 aliphatic rings. The number of ether oxygens (including phenoxy) is 1. The predicted molar refractivity (Wildman–Crippen MR) is 101 cm³/mol. The Morgan fingerprint density at radius 3 is 2.69 bits per heavy atom. The molecular formula is C20H25N3O3. The van der Waals surface area contributed by atoms with Crippen LogP contribution in [-0.2, 0) is 4.79 Å². The SMILES string of the molecule is CCOc1ncccc1[C@H](C(=O)O)N1CCCN(c2ccccc2)CC1. The molecule has 0 aliphatic carbocycles. The van der Waals surface area contributed by atoms with Crippen molar-refractivity contribution in [2.24, 2.45) is 0 Å². The van der Waals surface area contributed by atoms with Gasteiger partial charge in [0.25, 0.3) is 0 Å². The summed E-state index contributed by atoms with van der Waals surface area (Å²) in [5.41, 5.74) is 1.80. The molecule has 3 rings (SSSR count). The number of anilines is 1. The zero-order valence-electron chi connectivity index (χ0n) is 15.0. The fourth-order valence-corrected chi connectivity index (χ4v) is 3.45. The van der Waals surface area contributed by atoms with Gasteiger partial charge in [-0.05, 0) is 37.6 Å². The molecular weight excluding hydrogens is 330 g/mol. The molecule has 1 saturated heterocycles. The largest absolute Gasteiger partial charge is 0.480 e. The van der Waals surface area contributed by atoms with Crippen molar-refractivity contribution in [2.45, 2.75) is 19.4 Å². The fourth-order valence-electron chi connectivity index (χ4n) is 3.45. The summed E-state index contributed by atoms with van der Waals surface area (Å²) < 4.78 is 5.57. The number of benzene rings is 1. The van der Waals surface area contributed by atoms with Crippen molar-refractivity contribution < 1.29 is 14.6 Å². The molecule has 2 aromatic rings. The molecule has 1 aromatic carbocycles. The van der Waals surface area contributed by atoms with Crippen LogP contribution in [0.1, 0.15) is 24.9 Å². The molecule has 0 saturated carbocycles. The zero-order valence-corrected chi connectivity index (χ0v) is 15.0. The van der Waals surface area contributed by atoms with Gasteiger partial charge in [-0.25, -0.2) is 4.98 Å². The molecule has 1 aliphatic heterocycles. The molecule has 0 amide bonds. The van der Waals surface area contributed by atoms with Crippen molar-refractivity contribution in [3.05, 3.63) is 54.2 Å². The standard InChI is InChI=1S/C20H25N3O3/c1-2-26-19-17(10-6-11-21-19)18(20(24)25)23-13-7-12-22(14-15-23)16-8-4-3-5-9-16/h3-6,8-11,18H,2,7,12-15H2,1H3,(H,24,25)/t18-/m1/s1. The summed E-state index contributed by atoms with van der Waals surface area (Å²) in [4.78, 5) is 20.6. The van der Waals surface area contributed by atoms with Gasteiger partial charge in [-0.3, -0.25) is 9.69 Å². The number of carboxylic acids is 1. The van der Waals surface area contributed by atoms with E-state index in [4.69, 9.17) is 4.74 Å². The first-order chi connectivity index (χ1) is 12.7. The number of nitrogens with zero attached hydrogens (tertiary/aromatic N) is 3. The summed E-state index contributed by atoms with van der Waals surface area (Å²) >= 11 is 0. The van der Waals surface area contributed by atoms with E-state index < -0.39 is 12.0 Å². The summed E-state index contributed by atoms with van der Waals surface area (Å²) in [6.07, 6.45) is 2.54. The lowest BCUT2D eigenvalue weighted by atomic mass is 10.1. The number of aromatic nitrogens is 1. The topological polar surface area (TPSA) is 65.9 Å². The second-order valence-corrected chi connectivity index (χ2v) is 6.28. The van der Waals surface area contributed by atoms with E-state index in [1.165, 1.54) is 5.69 Å². The lowest BCUT2D eigenvalue weighted by Gasteiger charge is -2.28. The first-order valence-corrected chi connectivity index (χ1v) is 9.05. The molecule has 1 atom stereocenters. The van der Waals surface area contributed by atoms with Crippen molar-refractivity contribution >= 4 is 11.7 Å². The monoisotopic (exact) mass is 355 g/mol. The van der Waals surface area contributed by atoms with Crippen LogP contribution in [0.25, 0.3) is 0 Å². The smallest absolute Gasteiger partial charge is 0.325 e. The number of hydrogen-bond acceptors (Lipinski definition) is 5. The average Bonchev–Trinajstić information content (AvgIpc) is 2.90. The van der Waals surface area contributed by atoms with Gasteiger partial charge in [0.15, 0.2) is 0 Å². The van der Waals surface area contributed by atoms with E-state index in [9.17, 15) is 9.90 Å². The van der Waals surface area contributed by atoms with E-state index in [0.29, 0.717) is 24.6 Å². The summed E-state index contributed by atoms with van der Waals surface area (Å²) in [6.45, 7) is 5.43. The lowest BCUT2D eigenvalue weighted by Crippen LogP contribution is -2.37. The zero-order chi connectivity index (χ0) is 18.4. The first-order valence-electron chi connectivity index (χ1n) is 9.05.